The van der Waals surface area contributed by atoms with Crippen molar-refractivity contribution in [1.82, 2.24) is 14.8 Å². The number of nitrogens with two attached hydrogens (primary N) is 1. The number of rotatable bonds is 3. The summed E-state index contributed by atoms with van der Waals surface area (Å²) in [5.41, 5.74) is 5.34. The molecule has 0 saturated heterocycles. The first-order chi connectivity index (χ1) is 15.8. The smallest absolute Gasteiger partial charge is 0.349 e. The number of carbonyl (C=O) groups is 1. The molecule has 11 heteroatoms. The second kappa shape index (κ2) is 7.93. The number of nitrogen functional groups attached to an aromatic ring is 1. The largest absolute Gasteiger partial charge is 0.454 e. The molecule has 170 valence electrons. The highest BCUT2D eigenvalue weighted by molar-refractivity contribution is 6.37. The average Bonchev–Trinajstić information content (AvgIpc) is 3.04. The van der Waals surface area contributed by atoms with E-state index in [0.29, 0.717) is 5.75 Å². The first-order valence-electron chi connectivity index (χ1n) is 10.4. The monoisotopic (exact) mass is 487 g/mol. The van der Waals surface area contributed by atoms with Gasteiger partial charge < -0.3 is 15.8 Å². The maximum Gasteiger partial charge on any atom is 0.349 e. The van der Waals surface area contributed by atoms with Gasteiger partial charge in [0.2, 0.25) is 11.7 Å². The van der Waals surface area contributed by atoms with Crippen LogP contribution in [0.3, 0.4) is 0 Å². The van der Waals surface area contributed by atoms with Gasteiger partial charge in [0, 0.05) is 5.69 Å². The fourth-order valence-corrected chi connectivity index (χ4v) is 5.13. The number of nitrogens with zero attached hydrogens (tertiary/aromatic N) is 2. The number of benzene rings is 2. The summed E-state index contributed by atoms with van der Waals surface area (Å²) >= 11 is 12.8. The Morgan fingerprint density at radius 1 is 1.03 bits per heavy atom. The Labute approximate surface area is 197 Å². The molecule has 33 heavy (non-hydrogen) atoms. The summed E-state index contributed by atoms with van der Waals surface area (Å²) in [5.74, 6) is 0.325. The predicted molar refractivity (Wildman–Crippen MR) is 125 cm³/mol. The van der Waals surface area contributed by atoms with Crippen molar-refractivity contribution in [2.24, 2.45) is 0 Å². The molecule has 2 aromatic carbocycles. The molecule has 5 rings (SSSR count). The summed E-state index contributed by atoms with van der Waals surface area (Å²) in [7, 11) is 0. The summed E-state index contributed by atoms with van der Waals surface area (Å²) in [5, 5.41) is 7.01. The number of ether oxygens (including phenoxy) is 1. The molecule has 3 aromatic rings. The first-order valence-corrected chi connectivity index (χ1v) is 11.2. The van der Waals surface area contributed by atoms with E-state index in [9.17, 15) is 14.4 Å². The Hall–Kier alpha value is -3.30. The highest BCUT2D eigenvalue weighted by Gasteiger charge is 2.47. The molecule has 4 N–H and O–H groups in total. The van der Waals surface area contributed by atoms with Crippen molar-refractivity contribution in [3.8, 4) is 17.2 Å². The molecule has 1 amide bonds. The number of H-pyrrole nitrogens is 1. The highest BCUT2D eigenvalue weighted by atomic mass is 35.5. The number of aromatic amines is 1. The van der Waals surface area contributed by atoms with E-state index in [-0.39, 0.29) is 33.2 Å². The van der Waals surface area contributed by atoms with Crippen molar-refractivity contribution >= 4 is 40.6 Å². The van der Waals surface area contributed by atoms with Crippen LogP contribution in [0, 0.1) is 0 Å². The molecule has 1 fully saturated rings. The van der Waals surface area contributed by atoms with Crippen molar-refractivity contribution in [3.05, 3.63) is 66.8 Å². The second-order valence-electron chi connectivity index (χ2n) is 8.20. The lowest BCUT2D eigenvalue weighted by atomic mass is 9.70. The van der Waals surface area contributed by atoms with Gasteiger partial charge in [0.25, 0.3) is 5.56 Å². The standard InChI is InChI=1S/C22H19Cl2N5O4/c23-14-8-11(29-21(32)27-19(30)18(25)28-29)9-15(24)17(14)33-12-4-5-16-13(10-12)22(20(31)26-16)6-2-1-3-7-22/h4-5,8-10H,1-3,6-7H2,(H2,25,28)(H,26,31)(H,27,30,32). The number of fused-ring (bicyclic) bond motifs is 2. The molecule has 1 aliphatic carbocycles. The molecule has 1 aliphatic heterocycles. The van der Waals surface area contributed by atoms with E-state index in [0.717, 1.165) is 48.0 Å². The summed E-state index contributed by atoms with van der Waals surface area (Å²) in [6.45, 7) is 0. The Morgan fingerprint density at radius 2 is 1.73 bits per heavy atom. The van der Waals surface area contributed by atoms with Crippen molar-refractivity contribution in [3.63, 3.8) is 0 Å². The van der Waals surface area contributed by atoms with Crippen LogP contribution in [-0.2, 0) is 10.2 Å². The molecule has 0 radical (unpaired) electrons. The SMILES string of the molecule is Nc1nn(-c2cc(Cl)c(Oc3ccc4c(c3)C3(CCCCC3)C(=O)N4)c(Cl)c2)c(=O)[nH]c1=O. The number of nitrogens with one attached hydrogen (secondary N) is 2. The molecule has 0 atom stereocenters. The fraction of sp³-hybridized carbons (Fsp3) is 0.273. The van der Waals surface area contributed by atoms with Gasteiger partial charge in [-0.1, -0.05) is 42.5 Å². The third kappa shape index (κ3) is 3.57. The van der Waals surface area contributed by atoms with Gasteiger partial charge in [-0.2, -0.15) is 4.68 Å². The predicted octanol–water partition coefficient (Wildman–Crippen LogP) is 3.76. The minimum Gasteiger partial charge on any atom is -0.454 e. The molecular formula is C22H19Cl2N5O4. The van der Waals surface area contributed by atoms with Crippen LogP contribution in [0.2, 0.25) is 10.0 Å². The molecule has 0 unspecified atom stereocenters. The van der Waals surface area contributed by atoms with Crippen LogP contribution in [0.5, 0.6) is 11.5 Å². The number of carbonyl (C=O) groups excluding carboxylic acids is 1. The summed E-state index contributed by atoms with van der Waals surface area (Å²) < 4.78 is 6.89. The summed E-state index contributed by atoms with van der Waals surface area (Å²) in [4.78, 5) is 38.4. The molecule has 2 heterocycles. The normalized spacial score (nSPS) is 16.5. The minimum absolute atomic E-state index is 0.0351. The second-order valence-corrected chi connectivity index (χ2v) is 9.02. The van der Waals surface area contributed by atoms with Gasteiger partial charge in [-0.3, -0.25) is 14.6 Å². The topological polar surface area (TPSA) is 132 Å². The number of hydrogen-bond donors (Lipinski definition) is 3. The van der Waals surface area contributed by atoms with Crippen LogP contribution >= 0.6 is 23.2 Å². The molecule has 2 aliphatic rings. The molecule has 9 nitrogen and oxygen atoms in total. The minimum atomic E-state index is -0.788. The highest BCUT2D eigenvalue weighted by Crippen LogP contribution is 2.49. The van der Waals surface area contributed by atoms with Gasteiger partial charge >= 0.3 is 5.69 Å². The van der Waals surface area contributed by atoms with Crippen molar-refractivity contribution in [2.45, 2.75) is 37.5 Å². The van der Waals surface area contributed by atoms with E-state index >= 15 is 0 Å². The van der Waals surface area contributed by atoms with Crippen molar-refractivity contribution in [1.29, 1.82) is 0 Å². The Balaban J connectivity index is 1.50. The molecule has 0 bridgehead atoms. The van der Waals surface area contributed by atoms with Gasteiger partial charge in [-0.25, -0.2) is 4.79 Å². The Morgan fingerprint density at radius 3 is 2.42 bits per heavy atom. The van der Waals surface area contributed by atoms with Crippen molar-refractivity contribution in [2.75, 3.05) is 11.1 Å². The van der Waals surface area contributed by atoms with Crippen LogP contribution in [0.4, 0.5) is 11.5 Å². The zero-order valence-corrected chi connectivity index (χ0v) is 18.8. The summed E-state index contributed by atoms with van der Waals surface area (Å²) in [6, 6.07) is 8.25. The number of aromatic nitrogens is 3. The van der Waals surface area contributed by atoms with E-state index in [4.69, 9.17) is 33.7 Å². The van der Waals surface area contributed by atoms with Crippen LogP contribution in [0.15, 0.2) is 39.9 Å². The van der Waals surface area contributed by atoms with E-state index in [1.54, 1.807) is 6.07 Å². The molecule has 1 aromatic heterocycles. The third-order valence-corrected chi connectivity index (χ3v) is 6.76. The maximum absolute atomic E-state index is 12.8. The molecular weight excluding hydrogens is 469 g/mol. The van der Waals surface area contributed by atoms with Crippen molar-refractivity contribution < 1.29 is 9.53 Å². The average molecular weight is 488 g/mol. The van der Waals surface area contributed by atoms with E-state index in [2.05, 4.69) is 15.4 Å². The van der Waals surface area contributed by atoms with Gasteiger partial charge in [0.15, 0.2) is 5.75 Å². The van der Waals surface area contributed by atoms with Gasteiger partial charge in [0.05, 0.1) is 21.1 Å². The number of amides is 1. The van der Waals surface area contributed by atoms with E-state index < -0.39 is 16.7 Å². The van der Waals surface area contributed by atoms with Gasteiger partial charge in [-0.05, 0) is 48.7 Å². The summed E-state index contributed by atoms with van der Waals surface area (Å²) in [6.07, 6.45) is 4.72. The number of halogens is 2. The fourth-order valence-electron chi connectivity index (χ4n) is 4.58. The molecule has 1 spiro atoms. The zero-order valence-electron chi connectivity index (χ0n) is 17.3. The van der Waals surface area contributed by atoms with Crippen LogP contribution in [-0.4, -0.2) is 20.7 Å². The van der Waals surface area contributed by atoms with E-state index in [1.165, 1.54) is 12.1 Å². The number of hydrogen-bond acceptors (Lipinski definition) is 6. The molecule has 1 saturated carbocycles. The van der Waals surface area contributed by atoms with Gasteiger partial charge in [0.1, 0.15) is 5.75 Å². The lowest BCUT2D eigenvalue weighted by molar-refractivity contribution is -0.121. The van der Waals surface area contributed by atoms with Crippen LogP contribution in [0.25, 0.3) is 5.69 Å². The van der Waals surface area contributed by atoms with E-state index in [1.807, 2.05) is 12.1 Å². The first kappa shape index (κ1) is 21.5. The lowest BCUT2D eigenvalue weighted by Crippen LogP contribution is -2.36. The quantitative estimate of drug-likeness (QED) is 0.515. The maximum atomic E-state index is 12.8. The van der Waals surface area contributed by atoms with Crippen LogP contribution in [0.1, 0.15) is 37.7 Å². The lowest BCUT2D eigenvalue weighted by Gasteiger charge is -2.31. The zero-order chi connectivity index (χ0) is 23.3. The Bertz CT molecular complexity index is 1390. The third-order valence-electron chi connectivity index (χ3n) is 6.20. The van der Waals surface area contributed by atoms with Crippen LogP contribution < -0.4 is 27.0 Å². The Kier molecular flexibility index (Phi) is 5.18. The number of anilines is 2. The van der Waals surface area contributed by atoms with Gasteiger partial charge in [-0.15, -0.1) is 5.10 Å².